The van der Waals surface area contributed by atoms with Gasteiger partial charge < -0.3 is 24.8 Å². The minimum atomic E-state index is -0.905. The van der Waals surface area contributed by atoms with Crippen LogP contribution >= 0.6 is 0 Å². The number of rotatable bonds is 7. The summed E-state index contributed by atoms with van der Waals surface area (Å²) in [6, 6.07) is 16.1. The van der Waals surface area contributed by atoms with Crippen molar-refractivity contribution in [3.8, 4) is 11.5 Å². The molecule has 0 aliphatic heterocycles. The van der Waals surface area contributed by atoms with Gasteiger partial charge in [0.05, 0.1) is 6.54 Å². The molecule has 0 fully saturated rings. The molecule has 0 aromatic heterocycles. The van der Waals surface area contributed by atoms with E-state index in [0.29, 0.717) is 11.5 Å². The van der Waals surface area contributed by atoms with Crippen LogP contribution in [0.2, 0.25) is 0 Å². The van der Waals surface area contributed by atoms with Crippen molar-refractivity contribution in [3.05, 3.63) is 60.7 Å². The van der Waals surface area contributed by atoms with Gasteiger partial charge in [0, 0.05) is 0 Å². The molecule has 0 radical (unpaired) electrons. The standard InChI is InChI=1S/C19H20N2O6/c1-14(21-19(24)27-16-10-6-3-7-11-16)17(22)25-13-12-20-18(23)26-15-8-4-2-5-9-15/h2-11,14H,12-13H2,1H3,(H,20,23)(H,21,24)/t14-/m0/s1. The van der Waals surface area contributed by atoms with Crippen LogP contribution in [0.25, 0.3) is 0 Å². The third-order valence-corrected chi connectivity index (χ3v) is 3.21. The topological polar surface area (TPSA) is 103 Å². The first-order valence-electron chi connectivity index (χ1n) is 8.25. The zero-order valence-corrected chi connectivity index (χ0v) is 14.7. The Morgan fingerprint density at radius 2 is 1.37 bits per heavy atom. The van der Waals surface area contributed by atoms with Gasteiger partial charge in [-0.15, -0.1) is 0 Å². The first kappa shape index (κ1) is 19.8. The van der Waals surface area contributed by atoms with Gasteiger partial charge in [-0.1, -0.05) is 36.4 Å². The molecule has 1 atom stereocenters. The van der Waals surface area contributed by atoms with Crippen LogP contribution in [0.3, 0.4) is 0 Å². The average molecular weight is 372 g/mol. The number of amides is 2. The van der Waals surface area contributed by atoms with Gasteiger partial charge in [-0.05, 0) is 31.2 Å². The summed E-state index contributed by atoms with van der Waals surface area (Å²) < 4.78 is 15.0. The quantitative estimate of drug-likeness (QED) is 0.572. The second-order valence-corrected chi connectivity index (χ2v) is 5.37. The van der Waals surface area contributed by atoms with Crippen LogP contribution in [0.1, 0.15) is 6.92 Å². The largest absolute Gasteiger partial charge is 0.462 e. The highest BCUT2D eigenvalue weighted by Crippen LogP contribution is 2.09. The van der Waals surface area contributed by atoms with Gasteiger partial charge >= 0.3 is 18.2 Å². The van der Waals surface area contributed by atoms with Crippen molar-refractivity contribution in [2.45, 2.75) is 13.0 Å². The zero-order chi connectivity index (χ0) is 19.5. The maximum atomic E-state index is 11.8. The van der Waals surface area contributed by atoms with E-state index in [2.05, 4.69) is 10.6 Å². The molecule has 2 amide bonds. The predicted octanol–water partition coefficient (Wildman–Crippen LogP) is 2.50. The molecular formula is C19H20N2O6. The zero-order valence-electron chi connectivity index (χ0n) is 14.7. The molecule has 2 aromatic rings. The molecule has 0 saturated heterocycles. The number of ether oxygens (including phenoxy) is 3. The van der Waals surface area contributed by atoms with E-state index in [4.69, 9.17) is 14.2 Å². The molecule has 0 aliphatic rings. The van der Waals surface area contributed by atoms with E-state index in [1.165, 1.54) is 6.92 Å². The molecule has 2 rings (SSSR count). The van der Waals surface area contributed by atoms with Gasteiger partial charge in [0.2, 0.25) is 0 Å². The van der Waals surface area contributed by atoms with E-state index < -0.39 is 24.2 Å². The maximum Gasteiger partial charge on any atom is 0.413 e. The molecule has 0 spiro atoms. The number of hydrogen-bond donors (Lipinski definition) is 2. The van der Waals surface area contributed by atoms with Crippen molar-refractivity contribution in [1.82, 2.24) is 10.6 Å². The van der Waals surface area contributed by atoms with E-state index in [1.54, 1.807) is 60.7 Å². The van der Waals surface area contributed by atoms with Crippen molar-refractivity contribution in [2.75, 3.05) is 13.2 Å². The lowest BCUT2D eigenvalue weighted by Gasteiger charge is -2.13. The Bertz CT molecular complexity index is 751. The number of carbonyl (C=O) groups excluding carboxylic acids is 3. The number of nitrogens with one attached hydrogen (secondary N) is 2. The Balaban J connectivity index is 1.61. The lowest BCUT2D eigenvalue weighted by Crippen LogP contribution is -2.41. The minimum absolute atomic E-state index is 0.0670. The lowest BCUT2D eigenvalue weighted by molar-refractivity contribution is -0.145. The van der Waals surface area contributed by atoms with Crippen molar-refractivity contribution in [2.24, 2.45) is 0 Å². The summed E-state index contributed by atoms with van der Waals surface area (Å²) >= 11 is 0. The van der Waals surface area contributed by atoms with Crippen molar-refractivity contribution >= 4 is 18.2 Å². The van der Waals surface area contributed by atoms with Crippen molar-refractivity contribution in [1.29, 1.82) is 0 Å². The van der Waals surface area contributed by atoms with Crippen molar-refractivity contribution in [3.63, 3.8) is 0 Å². The van der Waals surface area contributed by atoms with Gasteiger partial charge in [-0.25, -0.2) is 14.4 Å². The smallest absolute Gasteiger partial charge is 0.413 e. The number of carbonyl (C=O) groups is 3. The van der Waals surface area contributed by atoms with Gasteiger partial charge in [-0.2, -0.15) is 0 Å². The SMILES string of the molecule is C[C@H](NC(=O)Oc1ccccc1)C(=O)OCCNC(=O)Oc1ccccc1. The Morgan fingerprint density at radius 1 is 0.852 bits per heavy atom. The van der Waals surface area contributed by atoms with Crippen LogP contribution < -0.4 is 20.1 Å². The van der Waals surface area contributed by atoms with Gasteiger partial charge in [0.1, 0.15) is 24.1 Å². The highest BCUT2D eigenvalue weighted by molar-refractivity contribution is 5.81. The van der Waals surface area contributed by atoms with E-state index in [0.717, 1.165) is 0 Å². The van der Waals surface area contributed by atoms with E-state index in [9.17, 15) is 14.4 Å². The second kappa shape index (κ2) is 10.4. The number of para-hydroxylation sites is 2. The number of esters is 1. The normalized spacial score (nSPS) is 11.0. The maximum absolute atomic E-state index is 11.8. The van der Waals surface area contributed by atoms with Crippen LogP contribution in [-0.2, 0) is 9.53 Å². The van der Waals surface area contributed by atoms with Crippen LogP contribution in [0.15, 0.2) is 60.7 Å². The monoisotopic (exact) mass is 372 g/mol. The highest BCUT2D eigenvalue weighted by Gasteiger charge is 2.18. The molecule has 0 aliphatic carbocycles. The average Bonchev–Trinajstić information content (AvgIpc) is 2.66. The molecule has 0 saturated carbocycles. The van der Waals surface area contributed by atoms with Crippen LogP contribution in [0.5, 0.6) is 11.5 Å². The first-order chi connectivity index (χ1) is 13.0. The fourth-order valence-electron chi connectivity index (χ4n) is 1.92. The predicted molar refractivity (Wildman–Crippen MR) is 96.5 cm³/mol. The molecule has 142 valence electrons. The number of benzene rings is 2. The Kier molecular flexibility index (Phi) is 7.65. The molecule has 8 nitrogen and oxygen atoms in total. The van der Waals surface area contributed by atoms with E-state index >= 15 is 0 Å². The van der Waals surface area contributed by atoms with Crippen LogP contribution in [0, 0.1) is 0 Å². The molecule has 0 bridgehead atoms. The van der Waals surface area contributed by atoms with E-state index in [-0.39, 0.29) is 13.2 Å². The summed E-state index contributed by atoms with van der Waals surface area (Å²) in [7, 11) is 0. The van der Waals surface area contributed by atoms with Gasteiger partial charge in [0.15, 0.2) is 0 Å². The Hall–Kier alpha value is -3.55. The molecule has 27 heavy (non-hydrogen) atoms. The molecule has 0 unspecified atom stereocenters. The second-order valence-electron chi connectivity index (χ2n) is 5.37. The fourth-order valence-corrected chi connectivity index (χ4v) is 1.92. The summed E-state index contributed by atoms with van der Waals surface area (Å²) in [5, 5.41) is 4.81. The minimum Gasteiger partial charge on any atom is -0.462 e. The van der Waals surface area contributed by atoms with Gasteiger partial charge in [-0.3, -0.25) is 0 Å². The highest BCUT2D eigenvalue weighted by atomic mass is 16.6. The molecule has 8 heteroatoms. The van der Waals surface area contributed by atoms with Gasteiger partial charge in [0.25, 0.3) is 0 Å². The Morgan fingerprint density at radius 3 is 1.93 bits per heavy atom. The molecule has 2 aromatic carbocycles. The third kappa shape index (κ3) is 7.47. The third-order valence-electron chi connectivity index (χ3n) is 3.21. The fraction of sp³-hybridized carbons (Fsp3) is 0.211. The lowest BCUT2D eigenvalue weighted by atomic mass is 10.3. The summed E-state index contributed by atoms with van der Waals surface area (Å²) in [6.07, 6.45) is -1.43. The Labute approximate surface area is 156 Å². The molecule has 0 heterocycles. The first-order valence-corrected chi connectivity index (χ1v) is 8.25. The number of hydrogen-bond acceptors (Lipinski definition) is 6. The molecule has 2 N–H and O–H groups in total. The van der Waals surface area contributed by atoms with Crippen LogP contribution in [-0.4, -0.2) is 37.3 Å². The molecular weight excluding hydrogens is 352 g/mol. The van der Waals surface area contributed by atoms with Crippen molar-refractivity contribution < 1.29 is 28.6 Å². The summed E-state index contributed by atoms with van der Waals surface area (Å²) in [4.78, 5) is 35.1. The van der Waals surface area contributed by atoms with Crippen LogP contribution in [0.4, 0.5) is 9.59 Å². The van der Waals surface area contributed by atoms with E-state index in [1.807, 2.05) is 0 Å². The summed E-state index contributed by atoms with van der Waals surface area (Å²) in [5.41, 5.74) is 0. The summed E-state index contributed by atoms with van der Waals surface area (Å²) in [6.45, 7) is 1.47. The summed E-state index contributed by atoms with van der Waals surface area (Å²) in [5.74, 6) is 0.108.